The van der Waals surface area contributed by atoms with Gasteiger partial charge in [0, 0.05) is 31.8 Å². The molecule has 0 aliphatic carbocycles. The smallest absolute Gasteiger partial charge is 0.420 e. The molecule has 4 heterocycles. The number of hydrogen-bond acceptors (Lipinski definition) is 10. The van der Waals surface area contributed by atoms with Crippen molar-refractivity contribution >= 4 is 46.4 Å². The van der Waals surface area contributed by atoms with Gasteiger partial charge in [0.1, 0.15) is 41.4 Å². The summed E-state index contributed by atoms with van der Waals surface area (Å²) in [5.41, 5.74) is -4.68. The summed E-state index contributed by atoms with van der Waals surface area (Å²) < 4.78 is 101. The highest BCUT2D eigenvalue weighted by atomic mass is 32.1. The lowest BCUT2D eigenvalue weighted by molar-refractivity contribution is -0.143. The van der Waals surface area contributed by atoms with Crippen molar-refractivity contribution in [2.24, 2.45) is 12.5 Å². The maximum absolute atomic E-state index is 15.7. The van der Waals surface area contributed by atoms with E-state index in [-0.39, 0.29) is 48.4 Å². The first-order valence-electron chi connectivity index (χ1n) is 23.0. The molecule has 2 saturated heterocycles. The Balaban J connectivity index is 0.894. The number of aliphatic hydroxyl groups excluding tert-OH is 1. The van der Waals surface area contributed by atoms with Crippen LogP contribution in [0.25, 0.3) is 22.5 Å². The van der Waals surface area contributed by atoms with E-state index in [1.165, 1.54) is 32.0 Å². The third-order valence-corrected chi connectivity index (χ3v) is 13.0. The van der Waals surface area contributed by atoms with E-state index in [1.807, 2.05) is 62.7 Å². The molecule has 2 fully saturated rings. The van der Waals surface area contributed by atoms with Gasteiger partial charge in [-0.3, -0.25) is 24.3 Å². The van der Waals surface area contributed by atoms with E-state index in [4.69, 9.17) is 27.0 Å². The third-order valence-electron chi connectivity index (χ3n) is 12.6. The Morgan fingerprint density at radius 2 is 1.68 bits per heavy atom. The van der Waals surface area contributed by atoms with Crippen LogP contribution >= 0.6 is 12.2 Å². The molecule has 0 saturated carbocycles. The molecule has 0 spiro atoms. The number of hydrogen-bond donors (Lipinski definition) is 2. The quantitative estimate of drug-likeness (QED) is 0.0551. The highest BCUT2D eigenvalue weighted by Gasteiger charge is 2.52. The average Bonchev–Trinajstić information content (AvgIpc) is 4.01. The third kappa shape index (κ3) is 10.7. The molecule has 3 unspecified atom stereocenters. The number of halogens is 6. The summed E-state index contributed by atoms with van der Waals surface area (Å²) in [4.78, 5) is 52.7. The number of aliphatic hydroxyl groups is 1. The molecule has 72 heavy (non-hydrogen) atoms. The molecule has 380 valence electrons. The summed E-state index contributed by atoms with van der Waals surface area (Å²) in [6.07, 6.45) is -1.44. The number of aromatic nitrogens is 3. The number of alkyl halides is 3. The Morgan fingerprint density at radius 3 is 2.33 bits per heavy atom. The van der Waals surface area contributed by atoms with Crippen LogP contribution in [-0.4, -0.2) is 91.4 Å². The van der Waals surface area contributed by atoms with E-state index in [9.17, 15) is 32.7 Å². The zero-order valence-corrected chi connectivity index (χ0v) is 41.0. The van der Waals surface area contributed by atoms with E-state index < -0.39 is 86.5 Å². The molecule has 2 aliphatic rings. The molecular formula is C51H52F6N8O6S. The Hall–Kier alpha value is -6.89. The van der Waals surface area contributed by atoms with Gasteiger partial charge < -0.3 is 34.3 Å². The summed E-state index contributed by atoms with van der Waals surface area (Å²) in [5.74, 6) is -5.14. The van der Waals surface area contributed by atoms with Crippen molar-refractivity contribution in [2.45, 2.75) is 90.2 Å². The first-order chi connectivity index (χ1) is 34.0. The van der Waals surface area contributed by atoms with Crippen molar-refractivity contribution in [1.29, 1.82) is 5.26 Å². The SMILES string of the molecule is Cn1c(-c2ccccc2)cnc1C(O)C1CCCN1C(=O)C(NC(=O)COCCCCOc1ccc(-c2ncc(N3C(=S)N(c4ccc(C#N)c(C(F)(F)F)c4F)C(=O)C3(C)C)cc2F)cc1F)C(C)(C)C. The lowest BCUT2D eigenvalue weighted by atomic mass is 9.85. The zero-order chi connectivity index (χ0) is 52.4. The Labute approximate surface area is 417 Å². The minimum absolute atomic E-state index is 0.0196. The number of rotatable bonds is 16. The Morgan fingerprint density at radius 1 is 0.972 bits per heavy atom. The van der Waals surface area contributed by atoms with Crippen molar-refractivity contribution < 1.29 is 55.3 Å². The summed E-state index contributed by atoms with van der Waals surface area (Å²) in [6, 6.07) is 15.7. The molecular weight excluding hydrogens is 967 g/mol. The number of amides is 3. The van der Waals surface area contributed by atoms with Gasteiger partial charge in [0.05, 0.1) is 53.7 Å². The summed E-state index contributed by atoms with van der Waals surface area (Å²) in [5, 5.41) is 23.1. The highest BCUT2D eigenvalue weighted by molar-refractivity contribution is 7.81. The molecule has 3 aromatic carbocycles. The molecule has 7 rings (SSSR count). The van der Waals surface area contributed by atoms with Crippen LogP contribution in [0.1, 0.15) is 83.4 Å². The van der Waals surface area contributed by atoms with E-state index in [0.717, 1.165) is 46.6 Å². The molecule has 2 N–H and O–H groups in total. The van der Waals surface area contributed by atoms with Gasteiger partial charge in [-0.1, -0.05) is 51.1 Å². The summed E-state index contributed by atoms with van der Waals surface area (Å²) in [7, 11) is 1.82. The number of nitrogens with zero attached hydrogens (tertiary/aromatic N) is 7. The number of unbranched alkanes of at least 4 members (excludes halogenated alkanes) is 1. The number of pyridine rings is 1. The van der Waals surface area contributed by atoms with Gasteiger partial charge >= 0.3 is 6.18 Å². The van der Waals surface area contributed by atoms with Crippen LogP contribution in [0.3, 0.4) is 0 Å². The molecule has 14 nitrogen and oxygen atoms in total. The monoisotopic (exact) mass is 1020 g/mol. The average molecular weight is 1020 g/mol. The normalized spacial score (nSPS) is 16.8. The maximum Gasteiger partial charge on any atom is 0.420 e. The molecule has 2 aliphatic heterocycles. The second kappa shape index (κ2) is 21.1. The Bertz CT molecular complexity index is 2920. The van der Waals surface area contributed by atoms with Crippen LogP contribution in [0.2, 0.25) is 0 Å². The van der Waals surface area contributed by atoms with Crippen LogP contribution in [0, 0.1) is 34.2 Å². The Kier molecular flexibility index (Phi) is 15.5. The fourth-order valence-electron chi connectivity index (χ4n) is 8.89. The second-order valence-electron chi connectivity index (χ2n) is 19.0. The predicted molar refractivity (Wildman–Crippen MR) is 258 cm³/mol. The van der Waals surface area contributed by atoms with Gasteiger partial charge in [0.2, 0.25) is 11.8 Å². The van der Waals surface area contributed by atoms with E-state index >= 15 is 13.2 Å². The van der Waals surface area contributed by atoms with Gasteiger partial charge in [0.15, 0.2) is 28.3 Å². The van der Waals surface area contributed by atoms with Crippen LogP contribution < -0.4 is 19.9 Å². The standard InChI is InChI=1S/C51H52F6N8O6S/c1-49(2,3)44(46(68)63-20-12-15-36(63)43(67)45-60-27-37(62(45)6)29-13-8-7-9-14-29)61-39(66)28-70-21-10-11-22-71-38-19-17-30(23-33(38)52)42-34(53)24-32(26-59-42)65-48(72)64(47(69)50(65,4)5)35-18-16-31(25-58)40(41(35)54)51(55,56)57/h7-9,13-14,16-19,23-24,26-27,36,43-44,67H,10-12,15,20-22,28H2,1-6H3,(H,61,66). The van der Waals surface area contributed by atoms with Crippen molar-refractivity contribution in [1.82, 2.24) is 24.8 Å². The number of nitriles is 1. The van der Waals surface area contributed by atoms with Crippen LogP contribution in [0.5, 0.6) is 5.75 Å². The topological polar surface area (TPSA) is 166 Å². The molecule has 3 amide bonds. The van der Waals surface area contributed by atoms with Crippen molar-refractivity contribution in [3.05, 3.63) is 114 Å². The number of nitrogens with one attached hydrogen (secondary N) is 1. The number of carbonyl (C=O) groups is 3. The van der Waals surface area contributed by atoms with Crippen LogP contribution in [-0.2, 0) is 32.3 Å². The van der Waals surface area contributed by atoms with E-state index in [2.05, 4.69) is 15.3 Å². The van der Waals surface area contributed by atoms with Gasteiger partial charge in [-0.15, -0.1) is 0 Å². The highest BCUT2D eigenvalue weighted by Crippen LogP contribution is 2.43. The van der Waals surface area contributed by atoms with Gasteiger partial charge in [-0.05, 0) is 93.1 Å². The van der Waals surface area contributed by atoms with Gasteiger partial charge in [0.25, 0.3) is 5.91 Å². The number of ether oxygens (including phenoxy) is 2. The molecule has 0 radical (unpaired) electrons. The summed E-state index contributed by atoms with van der Waals surface area (Å²) >= 11 is 5.43. The number of carbonyl (C=O) groups excluding carboxylic acids is 3. The molecule has 3 atom stereocenters. The van der Waals surface area contributed by atoms with Crippen molar-refractivity contribution in [2.75, 3.05) is 36.2 Å². The van der Waals surface area contributed by atoms with Gasteiger partial charge in [-0.25, -0.2) is 18.2 Å². The van der Waals surface area contributed by atoms with E-state index in [1.54, 1.807) is 11.1 Å². The largest absolute Gasteiger partial charge is 0.491 e. The first kappa shape index (κ1) is 52.9. The molecule has 5 aromatic rings. The first-order valence-corrected chi connectivity index (χ1v) is 23.4. The maximum atomic E-state index is 15.7. The molecule has 2 aromatic heterocycles. The minimum atomic E-state index is -5.27. The lowest BCUT2D eigenvalue weighted by Crippen LogP contribution is -2.57. The predicted octanol–water partition coefficient (Wildman–Crippen LogP) is 8.80. The fraction of sp³-hybridized carbons (Fsp3) is 0.392. The van der Waals surface area contributed by atoms with E-state index in [0.29, 0.717) is 43.0 Å². The number of likely N-dealkylation sites (tertiary alicyclic amines) is 1. The summed E-state index contributed by atoms with van der Waals surface area (Å²) in [6.45, 7) is 8.52. The molecule has 0 bridgehead atoms. The van der Waals surface area contributed by atoms with Gasteiger partial charge in [-0.2, -0.15) is 18.4 Å². The molecule has 21 heteroatoms. The fourth-order valence-corrected chi connectivity index (χ4v) is 9.40. The number of thiocarbonyl (C=S) groups is 1. The zero-order valence-electron chi connectivity index (χ0n) is 40.2. The van der Waals surface area contributed by atoms with Crippen molar-refractivity contribution in [3.63, 3.8) is 0 Å². The number of imidazole rings is 1. The second-order valence-corrected chi connectivity index (χ2v) is 19.4. The minimum Gasteiger partial charge on any atom is -0.491 e. The number of benzene rings is 3. The lowest BCUT2D eigenvalue weighted by Gasteiger charge is -2.37. The van der Waals surface area contributed by atoms with Crippen LogP contribution in [0.15, 0.2) is 79.1 Å². The van der Waals surface area contributed by atoms with Crippen molar-refractivity contribution in [3.8, 4) is 34.3 Å². The number of anilines is 2. The van der Waals surface area contributed by atoms with Crippen LogP contribution in [0.4, 0.5) is 37.7 Å².